The minimum Gasteiger partial charge on any atom is -0.381 e. The van der Waals surface area contributed by atoms with Crippen molar-refractivity contribution in [3.8, 4) is 0 Å². The van der Waals surface area contributed by atoms with Crippen LogP contribution in [0.1, 0.15) is 39.5 Å². The van der Waals surface area contributed by atoms with Crippen LogP contribution in [0.2, 0.25) is 0 Å². The lowest BCUT2D eigenvalue weighted by Crippen LogP contribution is -2.11. The molecule has 0 amide bonds. The fourth-order valence-electron chi connectivity index (χ4n) is 1.15. The van der Waals surface area contributed by atoms with E-state index < -0.39 is 0 Å². The standard InChI is InChI=1S/C11H26N2O2.C2H6/c1-13-7-5-11-15-9-3-2-8-14-10-4-6-12;1-2/h13H,2-12H2,1H3;1-2H3. The number of nitrogens with one attached hydrogen (secondary N) is 1. The van der Waals surface area contributed by atoms with Crippen LogP contribution in [0, 0.1) is 0 Å². The van der Waals surface area contributed by atoms with E-state index in [0.717, 1.165) is 58.7 Å². The molecule has 0 aromatic carbocycles. The Balaban J connectivity index is 0. The van der Waals surface area contributed by atoms with Crippen LogP contribution in [0.5, 0.6) is 0 Å². The number of rotatable bonds is 12. The summed E-state index contributed by atoms with van der Waals surface area (Å²) in [6, 6.07) is 0. The molecule has 0 unspecified atom stereocenters. The molecule has 0 saturated heterocycles. The van der Waals surface area contributed by atoms with Crippen molar-refractivity contribution in [2.24, 2.45) is 5.73 Å². The average Bonchev–Trinajstić information content (AvgIpc) is 2.38. The average molecular weight is 248 g/mol. The lowest BCUT2D eigenvalue weighted by molar-refractivity contribution is 0.101. The quantitative estimate of drug-likeness (QED) is 0.517. The van der Waals surface area contributed by atoms with E-state index in [1.165, 1.54) is 0 Å². The zero-order chi connectivity index (χ0) is 13.2. The van der Waals surface area contributed by atoms with Crippen LogP contribution >= 0.6 is 0 Å². The van der Waals surface area contributed by atoms with Crippen molar-refractivity contribution in [2.45, 2.75) is 39.5 Å². The number of nitrogens with two attached hydrogens (primary N) is 1. The minimum absolute atomic E-state index is 0.717. The molecule has 0 spiro atoms. The molecule has 0 aromatic heterocycles. The summed E-state index contributed by atoms with van der Waals surface area (Å²) in [6.07, 6.45) is 4.21. The normalized spacial score (nSPS) is 9.88. The van der Waals surface area contributed by atoms with Crippen molar-refractivity contribution in [1.29, 1.82) is 0 Å². The van der Waals surface area contributed by atoms with Crippen LogP contribution in [0.15, 0.2) is 0 Å². The Morgan fingerprint density at radius 1 is 0.824 bits per heavy atom. The molecule has 0 aliphatic heterocycles. The van der Waals surface area contributed by atoms with E-state index in [9.17, 15) is 0 Å². The maximum absolute atomic E-state index is 5.45. The molecule has 4 heteroatoms. The van der Waals surface area contributed by atoms with Gasteiger partial charge in [0.25, 0.3) is 0 Å². The van der Waals surface area contributed by atoms with Gasteiger partial charge < -0.3 is 20.5 Å². The van der Waals surface area contributed by atoms with Crippen molar-refractivity contribution >= 4 is 0 Å². The highest BCUT2D eigenvalue weighted by atomic mass is 16.5. The van der Waals surface area contributed by atoms with Gasteiger partial charge in [0.2, 0.25) is 0 Å². The van der Waals surface area contributed by atoms with Gasteiger partial charge in [-0.3, -0.25) is 0 Å². The Bertz CT molecular complexity index is 102. The second kappa shape index (κ2) is 21.2. The maximum atomic E-state index is 5.45. The molecule has 0 radical (unpaired) electrons. The first-order valence-corrected chi connectivity index (χ1v) is 6.92. The molecule has 0 fully saturated rings. The SMILES string of the molecule is CC.CNCCCOCCCCOCCCN. The minimum atomic E-state index is 0.717. The summed E-state index contributed by atoms with van der Waals surface area (Å²) in [5, 5.41) is 3.09. The van der Waals surface area contributed by atoms with E-state index in [0.29, 0.717) is 6.54 Å². The Hall–Kier alpha value is -0.160. The van der Waals surface area contributed by atoms with Crippen molar-refractivity contribution in [3.05, 3.63) is 0 Å². The van der Waals surface area contributed by atoms with Gasteiger partial charge in [-0.25, -0.2) is 0 Å². The summed E-state index contributed by atoms with van der Waals surface area (Å²) in [5.41, 5.74) is 5.34. The van der Waals surface area contributed by atoms with Gasteiger partial charge in [-0.1, -0.05) is 13.8 Å². The van der Waals surface area contributed by atoms with Crippen LogP contribution < -0.4 is 11.1 Å². The lowest BCUT2D eigenvalue weighted by atomic mass is 10.3. The summed E-state index contributed by atoms with van der Waals surface area (Å²) >= 11 is 0. The zero-order valence-corrected chi connectivity index (χ0v) is 12.0. The largest absolute Gasteiger partial charge is 0.381 e. The summed E-state index contributed by atoms with van der Waals surface area (Å²) in [5.74, 6) is 0. The highest BCUT2D eigenvalue weighted by Gasteiger charge is 1.91. The fraction of sp³-hybridized carbons (Fsp3) is 1.00. The van der Waals surface area contributed by atoms with E-state index in [-0.39, 0.29) is 0 Å². The van der Waals surface area contributed by atoms with Gasteiger partial charge in [-0.2, -0.15) is 0 Å². The Morgan fingerprint density at radius 3 is 1.76 bits per heavy atom. The number of hydrogen-bond acceptors (Lipinski definition) is 4. The van der Waals surface area contributed by atoms with Crippen LogP contribution in [0.4, 0.5) is 0 Å². The number of unbranched alkanes of at least 4 members (excludes halogenated alkanes) is 1. The first kappa shape index (κ1) is 19.2. The van der Waals surface area contributed by atoms with Gasteiger partial charge in [0.15, 0.2) is 0 Å². The van der Waals surface area contributed by atoms with Crippen molar-refractivity contribution in [2.75, 3.05) is 46.6 Å². The third-order valence-electron chi connectivity index (χ3n) is 2.04. The van der Waals surface area contributed by atoms with Gasteiger partial charge in [0.1, 0.15) is 0 Å². The number of ether oxygens (including phenoxy) is 2. The van der Waals surface area contributed by atoms with E-state index in [1.54, 1.807) is 0 Å². The first-order valence-electron chi connectivity index (χ1n) is 6.92. The fourth-order valence-corrected chi connectivity index (χ4v) is 1.15. The molecule has 0 aliphatic rings. The molecule has 0 aliphatic carbocycles. The van der Waals surface area contributed by atoms with Crippen LogP contribution in [-0.2, 0) is 9.47 Å². The second-order valence-electron chi connectivity index (χ2n) is 3.53. The molecule has 0 atom stereocenters. The Morgan fingerprint density at radius 2 is 1.29 bits per heavy atom. The van der Waals surface area contributed by atoms with E-state index in [4.69, 9.17) is 15.2 Å². The summed E-state index contributed by atoms with van der Waals surface area (Å²) in [4.78, 5) is 0. The molecular weight excluding hydrogens is 216 g/mol. The van der Waals surface area contributed by atoms with Gasteiger partial charge in [-0.05, 0) is 45.8 Å². The van der Waals surface area contributed by atoms with Crippen LogP contribution in [0.3, 0.4) is 0 Å². The summed E-state index contributed by atoms with van der Waals surface area (Å²) in [7, 11) is 1.96. The maximum Gasteiger partial charge on any atom is 0.0478 e. The predicted molar refractivity (Wildman–Crippen MR) is 74.4 cm³/mol. The van der Waals surface area contributed by atoms with Gasteiger partial charge in [0.05, 0.1) is 0 Å². The first-order chi connectivity index (χ1) is 8.41. The molecule has 0 saturated carbocycles. The van der Waals surface area contributed by atoms with Crippen molar-refractivity contribution < 1.29 is 9.47 Å². The molecule has 0 aromatic rings. The lowest BCUT2D eigenvalue weighted by Gasteiger charge is -2.05. The third-order valence-corrected chi connectivity index (χ3v) is 2.04. The van der Waals surface area contributed by atoms with Crippen molar-refractivity contribution in [3.63, 3.8) is 0 Å². The second-order valence-corrected chi connectivity index (χ2v) is 3.53. The summed E-state index contributed by atoms with van der Waals surface area (Å²) in [6.45, 7) is 9.08. The smallest absolute Gasteiger partial charge is 0.0478 e. The molecule has 0 bridgehead atoms. The predicted octanol–water partition coefficient (Wildman–Crippen LogP) is 1.78. The van der Waals surface area contributed by atoms with Crippen LogP contribution in [0.25, 0.3) is 0 Å². The Labute approximate surface area is 107 Å². The third kappa shape index (κ3) is 21.6. The molecule has 17 heavy (non-hydrogen) atoms. The van der Waals surface area contributed by atoms with E-state index in [2.05, 4.69) is 5.32 Å². The monoisotopic (exact) mass is 248 g/mol. The Kier molecular flexibility index (Phi) is 23.9. The molecule has 0 rings (SSSR count). The highest BCUT2D eigenvalue weighted by molar-refractivity contribution is 4.42. The molecular formula is C13H32N2O2. The van der Waals surface area contributed by atoms with E-state index >= 15 is 0 Å². The molecule has 4 nitrogen and oxygen atoms in total. The zero-order valence-electron chi connectivity index (χ0n) is 12.0. The van der Waals surface area contributed by atoms with Gasteiger partial charge in [0, 0.05) is 26.4 Å². The van der Waals surface area contributed by atoms with Crippen LogP contribution in [-0.4, -0.2) is 46.6 Å². The highest BCUT2D eigenvalue weighted by Crippen LogP contribution is 1.93. The molecule has 0 heterocycles. The molecule has 3 N–H and O–H groups in total. The van der Waals surface area contributed by atoms with Gasteiger partial charge in [-0.15, -0.1) is 0 Å². The van der Waals surface area contributed by atoms with Gasteiger partial charge >= 0.3 is 0 Å². The summed E-state index contributed by atoms with van der Waals surface area (Å²) < 4.78 is 10.8. The number of hydrogen-bond donors (Lipinski definition) is 2. The van der Waals surface area contributed by atoms with Crippen molar-refractivity contribution in [1.82, 2.24) is 5.32 Å². The molecule has 106 valence electrons. The topological polar surface area (TPSA) is 56.5 Å². The van der Waals surface area contributed by atoms with E-state index in [1.807, 2.05) is 20.9 Å².